The molecule has 3 aliphatic rings. The molecule has 3 aliphatic heterocycles. The first-order chi connectivity index (χ1) is 15.4. The van der Waals surface area contributed by atoms with Crippen molar-refractivity contribution in [3.63, 3.8) is 0 Å². The molecule has 0 aliphatic carbocycles. The van der Waals surface area contributed by atoms with Crippen LogP contribution in [-0.2, 0) is 22.5 Å². The van der Waals surface area contributed by atoms with E-state index in [-0.39, 0.29) is 30.0 Å². The fraction of sp³-hybridized carbons (Fsp3) is 0.667. The van der Waals surface area contributed by atoms with Crippen LogP contribution in [0.25, 0.3) is 0 Å². The Bertz CT molecular complexity index is 855. The number of halogens is 1. The summed E-state index contributed by atoms with van der Waals surface area (Å²) in [4.78, 5) is 22.0. The molecule has 1 N–H and O–H groups in total. The highest BCUT2D eigenvalue weighted by Crippen LogP contribution is 2.32. The van der Waals surface area contributed by atoms with Crippen LogP contribution in [0.4, 0.5) is 4.39 Å². The lowest BCUT2D eigenvalue weighted by Gasteiger charge is -2.47. The van der Waals surface area contributed by atoms with Crippen molar-refractivity contribution in [2.45, 2.75) is 51.3 Å². The average molecular weight is 464 g/mol. The number of hydrogen-bond donors (Lipinski definition) is 1. The first-order valence-electron chi connectivity index (χ1n) is 11.6. The number of morpholine rings is 1. The summed E-state index contributed by atoms with van der Waals surface area (Å²) in [7, 11) is 0. The van der Waals surface area contributed by atoms with Gasteiger partial charge in [-0.25, -0.2) is 4.39 Å². The van der Waals surface area contributed by atoms with Crippen LogP contribution in [0.15, 0.2) is 23.2 Å². The third-order valence-electron chi connectivity index (χ3n) is 6.71. The van der Waals surface area contributed by atoms with Crippen LogP contribution >= 0.6 is 11.8 Å². The van der Waals surface area contributed by atoms with Crippen molar-refractivity contribution in [2.24, 2.45) is 10.9 Å². The number of aliphatic hydroxyl groups is 1. The van der Waals surface area contributed by atoms with E-state index < -0.39 is 0 Å². The zero-order chi connectivity index (χ0) is 22.7. The number of thioether (sulfide) groups is 1. The Balaban J connectivity index is 1.34. The zero-order valence-corrected chi connectivity index (χ0v) is 19.9. The molecule has 1 aromatic rings. The van der Waals surface area contributed by atoms with E-state index in [4.69, 9.17) is 9.84 Å². The van der Waals surface area contributed by atoms with Crippen molar-refractivity contribution in [3.8, 4) is 0 Å². The maximum absolute atomic E-state index is 14.7. The van der Waals surface area contributed by atoms with Crippen molar-refractivity contribution in [1.29, 1.82) is 0 Å². The SMILES string of the molecule is CC(C)C1=NC(C(=O)N2CCOC3(CCN(Cc4cccc(CCO)c4F)CC3)C2)CS1. The van der Waals surface area contributed by atoms with Gasteiger partial charge in [-0.05, 0) is 24.8 Å². The minimum atomic E-state index is -0.308. The number of ether oxygens (including phenoxy) is 1. The number of benzene rings is 1. The molecule has 0 aromatic heterocycles. The zero-order valence-electron chi connectivity index (χ0n) is 19.1. The lowest BCUT2D eigenvalue weighted by atomic mass is 9.89. The number of carbonyl (C=O) groups is 1. The van der Waals surface area contributed by atoms with E-state index in [2.05, 4.69) is 23.7 Å². The summed E-state index contributed by atoms with van der Waals surface area (Å²) < 4.78 is 20.9. The molecular formula is C24H34FN3O3S. The van der Waals surface area contributed by atoms with Crippen LogP contribution in [0.3, 0.4) is 0 Å². The third-order valence-corrected chi connectivity index (χ3v) is 8.07. The molecule has 2 saturated heterocycles. The number of hydrogen-bond acceptors (Lipinski definition) is 6. The van der Waals surface area contributed by atoms with Crippen LogP contribution in [0.2, 0.25) is 0 Å². The van der Waals surface area contributed by atoms with Gasteiger partial charge in [0, 0.05) is 56.6 Å². The molecule has 8 heteroatoms. The lowest BCUT2D eigenvalue weighted by molar-refractivity contribution is -0.160. The molecule has 176 valence electrons. The smallest absolute Gasteiger partial charge is 0.248 e. The Labute approximate surface area is 194 Å². The van der Waals surface area contributed by atoms with Crippen LogP contribution < -0.4 is 0 Å². The molecule has 6 nitrogen and oxygen atoms in total. The van der Waals surface area contributed by atoms with E-state index in [1.807, 2.05) is 17.0 Å². The molecule has 0 radical (unpaired) electrons. The van der Waals surface area contributed by atoms with Crippen LogP contribution in [0, 0.1) is 11.7 Å². The maximum atomic E-state index is 14.7. The van der Waals surface area contributed by atoms with Gasteiger partial charge in [-0.3, -0.25) is 14.7 Å². The van der Waals surface area contributed by atoms with Gasteiger partial charge in [-0.2, -0.15) is 0 Å². The highest BCUT2D eigenvalue weighted by atomic mass is 32.2. The molecule has 2 fully saturated rings. The summed E-state index contributed by atoms with van der Waals surface area (Å²) in [6, 6.07) is 5.15. The van der Waals surface area contributed by atoms with Gasteiger partial charge in [0.2, 0.25) is 5.91 Å². The highest BCUT2D eigenvalue weighted by molar-refractivity contribution is 8.14. The number of carbonyl (C=O) groups excluding carboxylic acids is 1. The molecule has 4 rings (SSSR count). The van der Waals surface area contributed by atoms with E-state index in [0.29, 0.717) is 49.7 Å². The summed E-state index contributed by atoms with van der Waals surface area (Å²) in [5.74, 6) is 1.03. The van der Waals surface area contributed by atoms with Crippen molar-refractivity contribution >= 4 is 22.7 Å². The molecule has 32 heavy (non-hydrogen) atoms. The van der Waals surface area contributed by atoms with E-state index >= 15 is 0 Å². The van der Waals surface area contributed by atoms with E-state index in [1.54, 1.807) is 17.8 Å². The molecule has 1 unspecified atom stereocenters. The van der Waals surface area contributed by atoms with Gasteiger partial charge >= 0.3 is 0 Å². The molecule has 1 spiro atoms. The first-order valence-corrected chi connectivity index (χ1v) is 12.6. The third kappa shape index (κ3) is 5.19. The number of aliphatic imine (C=N–C) groups is 1. The normalized spacial score (nSPS) is 23.7. The fourth-order valence-corrected chi connectivity index (χ4v) is 5.89. The predicted molar refractivity (Wildman–Crippen MR) is 125 cm³/mol. The number of nitrogens with zero attached hydrogens (tertiary/aromatic N) is 3. The van der Waals surface area contributed by atoms with E-state index in [1.165, 1.54) is 0 Å². The fourth-order valence-electron chi connectivity index (χ4n) is 4.81. The van der Waals surface area contributed by atoms with Gasteiger partial charge in [-0.15, -0.1) is 11.8 Å². The summed E-state index contributed by atoms with van der Waals surface area (Å²) >= 11 is 1.70. The Morgan fingerprint density at radius 1 is 1.31 bits per heavy atom. The van der Waals surface area contributed by atoms with Crippen LogP contribution in [0.5, 0.6) is 0 Å². The molecule has 1 atom stereocenters. The Hall–Kier alpha value is -1.48. The van der Waals surface area contributed by atoms with Crippen LogP contribution in [-0.4, -0.2) is 82.6 Å². The Kier molecular flexibility index (Phi) is 7.54. The first kappa shape index (κ1) is 23.7. The van der Waals surface area contributed by atoms with Gasteiger partial charge in [0.1, 0.15) is 11.9 Å². The van der Waals surface area contributed by atoms with Crippen molar-refractivity contribution in [1.82, 2.24) is 9.80 Å². The Morgan fingerprint density at radius 2 is 2.06 bits per heavy atom. The van der Waals surface area contributed by atoms with Gasteiger partial charge in [0.25, 0.3) is 0 Å². The number of amides is 1. The molecule has 1 aromatic carbocycles. The van der Waals surface area contributed by atoms with Gasteiger partial charge in [0.15, 0.2) is 0 Å². The molecule has 0 saturated carbocycles. The summed E-state index contributed by atoms with van der Waals surface area (Å²) in [6.07, 6.45) is 1.99. The Morgan fingerprint density at radius 3 is 2.75 bits per heavy atom. The van der Waals surface area contributed by atoms with Crippen LogP contribution in [0.1, 0.15) is 37.8 Å². The molecule has 1 amide bonds. The summed E-state index contributed by atoms with van der Waals surface area (Å²) in [6.45, 7) is 8.15. The average Bonchev–Trinajstić information content (AvgIpc) is 3.29. The predicted octanol–water partition coefficient (Wildman–Crippen LogP) is 2.72. The monoisotopic (exact) mass is 463 g/mol. The van der Waals surface area contributed by atoms with Crippen molar-refractivity contribution in [2.75, 3.05) is 45.1 Å². The number of likely N-dealkylation sites (tertiary alicyclic amines) is 1. The summed E-state index contributed by atoms with van der Waals surface area (Å²) in [5.41, 5.74) is 0.931. The lowest BCUT2D eigenvalue weighted by Crippen LogP contribution is -2.59. The molecular weight excluding hydrogens is 429 g/mol. The topological polar surface area (TPSA) is 65.4 Å². The van der Waals surface area contributed by atoms with Crippen molar-refractivity contribution < 1.29 is 19.0 Å². The maximum Gasteiger partial charge on any atom is 0.248 e. The molecule has 0 bridgehead atoms. The second-order valence-corrected chi connectivity index (χ2v) is 10.4. The minimum Gasteiger partial charge on any atom is -0.396 e. The van der Waals surface area contributed by atoms with Gasteiger partial charge in [-0.1, -0.05) is 32.0 Å². The second-order valence-electron chi connectivity index (χ2n) is 9.38. The van der Waals surface area contributed by atoms with Crippen molar-refractivity contribution in [3.05, 3.63) is 35.1 Å². The van der Waals surface area contributed by atoms with E-state index in [0.717, 1.165) is 36.7 Å². The number of rotatable bonds is 6. The minimum absolute atomic E-state index is 0.0528. The summed E-state index contributed by atoms with van der Waals surface area (Å²) in [5, 5.41) is 10.2. The standard InChI is InChI=1S/C24H34FN3O3S/c1-17(2)22-26-20(15-32-22)23(30)28-11-13-31-24(16-28)7-9-27(10-8-24)14-19-5-3-4-18(6-12-29)21(19)25/h3-5,17,20,29H,6-16H2,1-2H3. The van der Waals surface area contributed by atoms with E-state index in [9.17, 15) is 9.18 Å². The molecule has 3 heterocycles. The number of aliphatic hydroxyl groups excluding tert-OH is 1. The highest BCUT2D eigenvalue weighted by Gasteiger charge is 2.42. The van der Waals surface area contributed by atoms with Gasteiger partial charge < -0.3 is 14.7 Å². The second kappa shape index (κ2) is 10.2. The van der Waals surface area contributed by atoms with Gasteiger partial charge in [0.05, 0.1) is 17.3 Å². The number of piperidine rings is 1. The quantitative estimate of drug-likeness (QED) is 0.703. The largest absolute Gasteiger partial charge is 0.396 e.